The van der Waals surface area contributed by atoms with Gasteiger partial charge < -0.3 is 14.8 Å². The topological polar surface area (TPSA) is 59.6 Å². The number of ether oxygens (including phenoxy) is 2. The molecule has 0 spiro atoms. The van der Waals surface area contributed by atoms with Gasteiger partial charge in [-0.15, -0.1) is 0 Å². The number of carbonyl (C=O) groups excluding carboxylic acids is 1. The molecule has 5 heteroatoms. The van der Waals surface area contributed by atoms with Gasteiger partial charge in [-0.2, -0.15) is 0 Å². The molecule has 0 saturated carbocycles. The van der Waals surface area contributed by atoms with E-state index in [1.807, 2.05) is 30.3 Å². The fourth-order valence-electron chi connectivity index (χ4n) is 1.55. The van der Waals surface area contributed by atoms with Gasteiger partial charge in [0, 0.05) is 12.7 Å². The monoisotopic (exact) mass is 248 g/mol. The summed E-state index contributed by atoms with van der Waals surface area (Å²) in [5.74, 6) is 0.450. The Balaban J connectivity index is 1.88. The molecule has 1 heterocycles. The smallest absolute Gasteiger partial charge is 0.336 e. The van der Waals surface area contributed by atoms with Crippen molar-refractivity contribution in [3.8, 4) is 5.75 Å². The van der Waals surface area contributed by atoms with Gasteiger partial charge >= 0.3 is 5.97 Å². The highest BCUT2D eigenvalue weighted by Gasteiger charge is 2.19. The molecular formula is C13H16N2O3. The normalized spacial score (nSPS) is 18.5. The molecule has 0 bridgehead atoms. The predicted molar refractivity (Wildman–Crippen MR) is 66.7 cm³/mol. The van der Waals surface area contributed by atoms with Gasteiger partial charge in [0.2, 0.25) is 6.35 Å². The second-order valence-corrected chi connectivity index (χ2v) is 3.75. The zero-order valence-electron chi connectivity index (χ0n) is 10.2. The van der Waals surface area contributed by atoms with Crippen LogP contribution in [-0.4, -0.2) is 25.5 Å². The first kappa shape index (κ1) is 12.4. The summed E-state index contributed by atoms with van der Waals surface area (Å²) in [4.78, 5) is 11.5. The molecular weight excluding hydrogens is 232 g/mol. The van der Waals surface area contributed by atoms with Crippen LogP contribution in [0, 0.1) is 0 Å². The Morgan fingerprint density at radius 1 is 1.39 bits per heavy atom. The minimum atomic E-state index is -0.342. The van der Waals surface area contributed by atoms with Crippen molar-refractivity contribution in [3.05, 3.63) is 42.1 Å². The molecule has 1 aromatic carbocycles. The van der Waals surface area contributed by atoms with E-state index >= 15 is 0 Å². The number of esters is 1. The van der Waals surface area contributed by atoms with Crippen LogP contribution in [-0.2, 0) is 9.53 Å². The molecule has 0 aliphatic carbocycles. The van der Waals surface area contributed by atoms with E-state index < -0.39 is 0 Å². The Kier molecular flexibility index (Phi) is 4.20. The molecule has 0 saturated heterocycles. The van der Waals surface area contributed by atoms with Gasteiger partial charge in [0.15, 0.2) is 0 Å². The zero-order valence-corrected chi connectivity index (χ0v) is 10.2. The quantitative estimate of drug-likeness (QED) is 0.778. The van der Waals surface area contributed by atoms with Crippen molar-refractivity contribution < 1.29 is 14.3 Å². The van der Waals surface area contributed by atoms with Crippen LogP contribution < -0.4 is 15.4 Å². The maximum absolute atomic E-state index is 11.5. The molecule has 1 aliphatic heterocycles. The molecule has 2 rings (SSSR count). The molecule has 1 unspecified atom stereocenters. The first-order chi connectivity index (χ1) is 8.79. The van der Waals surface area contributed by atoms with Gasteiger partial charge in [-0.3, -0.25) is 5.32 Å². The zero-order chi connectivity index (χ0) is 12.8. The van der Waals surface area contributed by atoms with E-state index in [4.69, 9.17) is 9.47 Å². The maximum atomic E-state index is 11.5. The molecule has 0 radical (unpaired) electrons. The number of rotatable bonds is 4. The Bertz CT molecular complexity index is 431. The maximum Gasteiger partial charge on any atom is 0.336 e. The predicted octanol–water partition coefficient (Wildman–Crippen LogP) is 0.989. The van der Waals surface area contributed by atoms with E-state index in [1.54, 1.807) is 13.1 Å². The summed E-state index contributed by atoms with van der Waals surface area (Å²) in [5.41, 5.74) is 0.560. The highest BCUT2D eigenvalue weighted by molar-refractivity contribution is 5.88. The van der Waals surface area contributed by atoms with E-state index in [2.05, 4.69) is 10.6 Å². The van der Waals surface area contributed by atoms with E-state index in [0.29, 0.717) is 18.7 Å². The van der Waals surface area contributed by atoms with Gasteiger partial charge in [-0.05, 0) is 19.1 Å². The van der Waals surface area contributed by atoms with E-state index in [-0.39, 0.29) is 12.3 Å². The van der Waals surface area contributed by atoms with Crippen LogP contribution in [0.3, 0.4) is 0 Å². The van der Waals surface area contributed by atoms with Crippen LogP contribution in [0.5, 0.6) is 5.75 Å². The van der Waals surface area contributed by atoms with Crippen molar-refractivity contribution in [2.45, 2.75) is 13.3 Å². The number of carbonyl (C=O) groups is 1. The van der Waals surface area contributed by atoms with E-state index in [0.717, 1.165) is 5.75 Å². The lowest BCUT2D eigenvalue weighted by molar-refractivity contribution is -0.138. The van der Waals surface area contributed by atoms with Crippen LogP contribution in [0.25, 0.3) is 0 Å². The summed E-state index contributed by atoms with van der Waals surface area (Å²) in [6.45, 7) is 2.58. The van der Waals surface area contributed by atoms with Crippen LogP contribution in [0.2, 0.25) is 0 Å². The van der Waals surface area contributed by atoms with E-state index in [9.17, 15) is 4.79 Å². The lowest BCUT2D eigenvalue weighted by Crippen LogP contribution is -2.49. The Hall–Kier alpha value is -2.01. The third-order valence-electron chi connectivity index (χ3n) is 2.42. The fraction of sp³-hybridized carbons (Fsp3) is 0.308. The summed E-state index contributed by atoms with van der Waals surface area (Å²) in [5, 5.41) is 6.02. The minimum Gasteiger partial charge on any atom is -0.463 e. The molecule has 5 nitrogen and oxygen atoms in total. The van der Waals surface area contributed by atoms with Crippen molar-refractivity contribution in [2.24, 2.45) is 0 Å². The van der Waals surface area contributed by atoms with Gasteiger partial charge in [0.1, 0.15) is 5.75 Å². The SMILES string of the molecule is CCOC(=O)C1=CNC(Oc2ccccc2)NC1. The van der Waals surface area contributed by atoms with Crippen LogP contribution in [0.4, 0.5) is 0 Å². The number of para-hydroxylation sites is 1. The summed E-state index contributed by atoms with van der Waals surface area (Å²) < 4.78 is 10.5. The van der Waals surface area contributed by atoms with Crippen LogP contribution in [0.1, 0.15) is 6.92 Å². The second kappa shape index (κ2) is 6.07. The third kappa shape index (κ3) is 3.24. The van der Waals surface area contributed by atoms with E-state index in [1.165, 1.54) is 0 Å². The molecule has 96 valence electrons. The molecule has 0 fully saturated rings. The summed E-state index contributed by atoms with van der Waals surface area (Å²) >= 11 is 0. The largest absolute Gasteiger partial charge is 0.463 e. The Morgan fingerprint density at radius 3 is 2.78 bits per heavy atom. The van der Waals surface area contributed by atoms with Crippen molar-refractivity contribution >= 4 is 5.97 Å². The minimum absolute atomic E-state index is 0.310. The molecule has 1 atom stereocenters. The Morgan fingerprint density at radius 2 is 2.17 bits per heavy atom. The molecule has 1 aliphatic rings. The molecule has 1 aromatic rings. The number of benzene rings is 1. The van der Waals surface area contributed by atoms with Gasteiger partial charge in [-0.25, -0.2) is 4.79 Å². The summed E-state index contributed by atoms with van der Waals surface area (Å²) in [7, 11) is 0. The highest BCUT2D eigenvalue weighted by Crippen LogP contribution is 2.10. The summed E-state index contributed by atoms with van der Waals surface area (Å²) in [6, 6.07) is 9.46. The fourth-order valence-corrected chi connectivity index (χ4v) is 1.55. The molecule has 0 aromatic heterocycles. The number of hydrogen-bond acceptors (Lipinski definition) is 5. The first-order valence-corrected chi connectivity index (χ1v) is 5.87. The van der Waals surface area contributed by atoms with Gasteiger partial charge in [0.25, 0.3) is 0 Å². The molecule has 0 amide bonds. The van der Waals surface area contributed by atoms with Crippen LogP contribution in [0.15, 0.2) is 42.1 Å². The van der Waals surface area contributed by atoms with Crippen molar-refractivity contribution in [2.75, 3.05) is 13.2 Å². The van der Waals surface area contributed by atoms with Crippen molar-refractivity contribution in [1.29, 1.82) is 0 Å². The number of hydrogen-bond donors (Lipinski definition) is 2. The third-order valence-corrected chi connectivity index (χ3v) is 2.42. The summed E-state index contributed by atoms with van der Waals surface area (Å²) in [6.07, 6.45) is 1.29. The van der Waals surface area contributed by atoms with Crippen molar-refractivity contribution in [3.63, 3.8) is 0 Å². The van der Waals surface area contributed by atoms with Gasteiger partial charge in [0.05, 0.1) is 12.2 Å². The standard InChI is InChI=1S/C13H16N2O3/c1-2-17-12(16)10-8-14-13(15-9-10)18-11-6-4-3-5-7-11/h3-8,13-15H,2,9H2,1H3. The Labute approximate surface area is 106 Å². The van der Waals surface area contributed by atoms with Crippen LogP contribution >= 0.6 is 0 Å². The molecule has 2 N–H and O–H groups in total. The molecule has 18 heavy (non-hydrogen) atoms. The lowest BCUT2D eigenvalue weighted by atomic mass is 10.2. The van der Waals surface area contributed by atoms with Crippen molar-refractivity contribution in [1.82, 2.24) is 10.6 Å². The highest BCUT2D eigenvalue weighted by atomic mass is 16.5. The average molecular weight is 248 g/mol. The van der Waals surface area contributed by atoms with Gasteiger partial charge in [-0.1, -0.05) is 18.2 Å². The second-order valence-electron chi connectivity index (χ2n) is 3.75. The lowest BCUT2D eigenvalue weighted by Gasteiger charge is -2.25. The average Bonchev–Trinajstić information content (AvgIpc) is 2.41. The first-order valence-electron chi connectivity index (χ1n) is 5.87. The number of nitrogens with one attached hydrogen (secondary N) is 2.